The Bertz CT molecular complexity index is 624. The molecular weight excluding hydrogens is 345 g/mol. The first kappa shape index (κ1) is 19.0. The zero-order valence-corrected chi connectivity index (χ0v) is 13.8. The molecule has 24 heavy (non-hydrogen) atoms. The number of nitrogens with zero attached hydrogens (tertiary/aromatic N) is 1. The Kier molecular flexibility index (Phi) is 4.92. The van der Waals surface area contributed by atoms with Crippen LogP contribution in [-0.4, -0.2) is 34.5 Å². The second-order valence-electron chi connectivity index (χ2n) is 6.56. The maximum Gasteiger partial charge on any atom is 0.416 e. The van der Waals surface area contributed by atoms with E-state index >= 15 is 0 Å². The standard InChI is InChI=1S/C16H19F3N2O2.ClH/c17-16(18,19)12-3-1-2-11(10-12)15(23)6-8-21(9-7-15)13(22)14(20)4-5-14;/h1-3,10,23H,4-9,20H2;1H. The molecular formula is C16H20ClF3N2O2. The number of rotatable bonds is 2. The highest BCUT2D eigenvalue weighted by atomic mass is 35.5. The molecule has 1 aliphatic carbocycles. The summed E-state index contributed by atoms with van der Waals surface area (Å²) in [7, 11) is 0. The molecule has 8 heteroatoms. The van der Waals surface area contributed by atoms with Crippen molar-refractivity contribution >= 4 is 18.3 Å². The molecule has 0 radical (unpaired) electrons. The largest absolute Gasteiger partial charge is 0.416 e. The lowest BCUT2D eigenvalue weighted by molar-refractivity contribution is -0.138. The second-order valence-corrected chi connectivity index (χ2v) is 6.56. The molecule has 0 aromatic heterocycles. The summed E-state index contributed by atoms with van der Waals surface area (Å²) in [5.41, 5.74) is 3.25. The molecule has 3 rings (SSSR count). The van der Waals surface area contributed by atoms with E-state index in [1.165, 1.54) is 12.1 Å². The van der Waals surface area contributed by atoms with Crippen molar-refractivity contribution in [3.8, 4) is 0 Å². The summed E-state index contributed by atoms with van der Waals surface area (Å²) in [6.07, 6.45) is -2.70. The molecule has 2 aliphatic rings. The second kappa shape index (κ2) is 6.20. The van der Waals surface area contributed by atoms with E-state index in [2.05, 4.69) is 0 Å². The summed E-state index contributed by atoms with van der Waals surface area (Å²) in [4.78, 5) is 13.8. The number of nitrogens with two attached hydrogens (primary N) is 1. The predicted octanol–water partition coefficient (Wildman–Crippen LogP) is 2.43. The van der Waals surface area contributed by atoms with Crippen LogP contribution in [0.25, 0.3) is 0 Å². The Hall–Kier alpha value is -1.31. The monoisotopic (exact) mass is 364 g/mol. The maximum atomic E-state index is 12.8. The minimum absolute atomic E-state index is 0. The van der Waals surface area contributed by atoms with Gasteiger partial charge in [-0.1, -0.05) is 12.1 Å². The molecule has 0 bridgehead atoms. The van der Waals surface area contributed by atoms with Gasteiger partial charge in [0.1, 0.15) is 0 Å². The summed E-state index contributed by atoms with van der Waals surface area (Å²) < 4.78 is 38.5. The highest BCUT2D eigenvalue weighted by Crippen LogP contribution is 2.39. The van der Waals surface area contributed by atoms with E-state index in [-0.39, 0.29) is 36.7 Å². The lowest BCUT2D eigenvalue weighted by atomic mass is 9.83. The fourth-order valence-electron chi connectivity index (χ4n) is 3.02. The number of amides is 1. The normalized spacial score (nSPS) is 21.8. The number of hydrogen-bond acceptors (Lipinski definition) is 3. The lowest BCUT2D eigenvalue weighted by Gasteiger charge is -2.39. The summed E-state index contributed by atoms with van der Waals surface area (Å²) in [6, 6.07) is 4.77. The minimum atomic E-state index is -4.44. The number of aliphatic hydroxyl groups is 1. The number of likely N-dealkylation sites (tertiary alicyclic amines) is 1. The Balaban J connectivity index is 0.00000208. The summed E-state index contributed by atoms with van der Waals surface area (Å²) in [5.74, 6) is -0.122. The molecule has 1 saturated heterocycles. The van der Waals surface area contributed by atoms with Crippen LogP contribution in [0.15, 0.2) is 24.3 Å². The Morgan fingerprint density at radius 2 is 1.75 bits per heavy atom. The molecule has 1 saturated carbocycles. The highest BCUT2D eigenvalue weighted by Gasteiger charge is 2.49. The van der Waals surface area contributed by atoms with Gasteiger partial charge < -0.3 is 15.7 Å². The Morgan fingerprint density at radius 1 is 1.17 bits per heavy atom. The van der Waals surface area contributed by atoms with Crippen molar-refractivity contribution in [3.63, 3.8) is 0 Å². The molecule has 1 aromatic carbocycles. The number of halogens is 4. The van der Waals surface area contributed by atoms with E-state index in [9.17, 15) is 23.1 Å². The third-order valence-electron chi connectivity index (χ3n) is 4.82. The van der Waals surface area contributed by atoms with E-state index in [0.717, 1.165) is 12.1 Å². The fourth-order valence-corrected chi connectivity index (χ4v) is 3.02. The molecule has 0 unspecified atom stereocenters. The highest BCUT2D eigenvalue weighted by molar-refractivity contribution is 5.89. The molecule has 0 spiro atoms. The number of carbonyl (C=O) groups is 1. The van der Waals surface area contributed by atoms with Gasteiger partial charge in [-0.3, -0.25) is 4.79 Å². The minimum Gasteiger partial charge on any atom is -0.385 e. The molecule has 1 amide bonds. The van der Waals surface area contributed by atoms with Crippen LogP contribution in [0, 0.1) is 0 Å². The first-order valence-corrected chi connectivity index (χ1v) is 7.62. The summed E-state index contributed by atoms with van der Waals surface area (Å²) in [6.45, 7) is 0.592. The van der Waals surface area contributed by atoms with E-state index in [1.807, 2.05) is 0 Å². The van der Waals surface area contributed by atoms with Gasteiger partial charge in [0.05, 0.1) is 16.7 Å². The van der Waals surface area contributed by atoms with Crippen LogP contribution in [0.3, 0.4) is 0 Å². The van der Waals surface area contributed by atoms with Crippen LogP contribution < -0.4 is 5.73 Å². The quantitative estimate of drug-likeness (QED) is 0.847. The van der Waals surface area contributed by atoms with Crippen molar-refractivity contribution in [1.82, 2.24) is 4.90 Å². The number of carbonyl (C=O) groups excluding carboxylic acids is 1. The van der Waals surface area contributed by atoms with Gasteiger partial charge in [0.15, 0.2) is 0 Å². The zero-order chi connectivity index (χ0) is 16.9. The molecule has 3 N–H and O–H groups in total. The number of piperidine rings is 1. The van der Waals surface area contributed by atoms with Crippen molar-refractivity contribution in [3.05, 3.63) is 35.4 Å². The number of alkyl halides is 3. The van der Waals surface area contributed by atoms with Gasteiger partial charge in [0.25, 0.3) is 0 Å². The van der Waals surface area contributed by atoms with Crippen molar-refractivity contribution in [2.24, 2.45) is 5.73 Å². The topological polar surface area (TPSA) is 66.6 Å². The SMILES string of the molecule is Cl.NC1(C(=O)N2CCC(O)(c3cccc(C(F)(F)F)c3)CC2)CC1. The molecule has 134 valence electrons. The van der Waals surface area contributed by atoms with Gasteiger partial charge in [-0.15, -0.1) is 12.4 Å². The maximum absolute atomic E-state index is 12.8. The van der Waals surface area contributed by atoms with Crippen molar-refractivity contribution < 1.29 is 23.1 Å². The van der Waals surface area contributed by atoms with E-state index in [0.29, 0.717) is 25.9 Å². The number of benzene rings is 1. The molecule has 1 heterocycles. The van der Waals surface area contributed by atoms with Crippen LogP contribution in [-0.2, 0) is 16.6 Å². The van der Waals surface area contributed by atoms with E-state index in [1.54, 1.807) is 4.90 Å². The van der Waals surface area contributed by atoms with E-state index < -0.39 is 22.9 Å². The predicted molar refractivity (Wildman–Crippen MR) is 84.6 cm³/mol. The Morgan fingerprint density at radius 3 is 2.25 bits per heavy atom. The first-order valence-electron chi connectivity index (χ1n) is 7.62. The van der Waals surface area contributed by atoms with Crippen LogP contribution in [0.4, 0.5) is 13.2 Å². The molecule has 4 nitrogen and oxygen atoms in total. The zero-order valence-electron chi connectivity index (χ0n) is 13.0. The van der Waals surface area contributed by atoms with Gasteiger partial charge in [-0.05, 0) is 43.4 Å². The number of hydrogen-bond donors (Lipinski definition) is 2. The third kappa shape index (κ3) is 3.53. The van der Waals surface area contributed by atoms with Crippen molar-refractivity contribution in [1.29, 1.82) is 0 Å². The van der Waals surface area contributed by atoms with Gasteiger partial charge in [-0.2, -0.15) is 13.2 Å². The molecule has 1 aromatic rings. The molecule has 0 atom stereocenters. The van der Waals surface area contributed by atoms with Crippen LogP contribution in [0.2, 0.25) is 0 Å². The fraction of sp³-hybridized carbons (Fsp3) is 0.562. The summed E-state index contributed by atoms with van der Waals surface area (Å²) in [5, 5.41) is 10.7. The molecule has 2 fully saturated rings. The van der Waals surface area contributed by atoms with Crippen molar-refractivity contribution in [2.75, 3.05) is 13.1 Å². The van der Waals surface area contributed by atoms with Gasteiger partial charge in [0.2, 0.25) is 5.91 Å². The Labute approximate surface area is 144 Å². The first-order chi connectivity index (χ1) is 10.6. The van der Waals surface area contributed by atoms with Crippen LogP contribution >= 0.6 is 12.4 Å². The van der Waals surface area contributed by atoms with Gasteiger partial charge in [-0.25, -0.2) is 0 Å². The van der Waals surface area contributed by atoms with Gasteiger partial charge >= 0.3 is 6.18 Å². The van der Waals surface area contributed by atoms with Crippen LogP contribution in [0.1, 0.15) is 36.8 Å². The average Bonchev–Trinajstić information content (AvgIpc) is 3.26. The van der Waals surface area contributed by atoms with Crippen molar-refractivity contribution in [2.45, 2.75) is 43.0 Å². The van der Waals surface area contributed by atoms with E-state index in [4.69, 9.17) is 5.73 Å². The van der Waals surface area contributed by atoms with Crippen LogP contribution in [0.5, 0.6) is 0 Å². The third-order valence-corrected chi connectivity index (χ3v) is 4.82. The van der Waals surface area contributed by atoms with Gasteiger partial charge in [0, 0.05) is 13.1 Å². The smallest absolute Gasteiger partial charge is 0.385 e. The lowest BCUT2D eigenvalue weighted by Crippen LogP contribution is -2.51. The summed E-state index contributed by atoms with van der Waals surface area (Å²) >= 11 is 0. The average molecular weight is 365 g/mol. The molecule has 1 aliphatic heterocycles.